The quantitative estimate of drug-likeness (QED) is 0.142. The van der Waals surface area contributed by atoms with Crippen LogP contribution in [0, 0.1) is 20.8 Å². The highest BCUT2D eigenvalue weighted by Gasteiger charge is 2.46. The maximum absolute atomic E-state index is 13.3. The number of benzene rings is 2. The van der Waals surface area contributed by atoms with Crippen molar-refractivity contribution in [3.8, 4) is 10.8 Å². The Balaban J connectivity index is 0.906. The van der Waals surface area contributed by atoms with Crippen molar-refractivity contribution < 1.29 is 33.5 Å². The highest BCUT2D eigenvalue weighted by molar-refractivity contribution is 7.15. The van der Waals surface area contributed by atoms with Gasteiger partial charge in [-0.25, -0.2) is 0 Å². The first-order valence-corrected chi connectivity index (χ1v) is 19.0. The second-order valence-corrected chi connectivity index (χ2v) is 15.1. The Morgan fingerprint density at radius 1 is 0.945 bits per heavy atom. The molecule has 15 nitrogen and oxygen atoms in total. The number of ether oxygens (including phenoxy) is 1. The number of imide groups is 2. The number of unbranched alkanes of at least 4 members (excludes halogenated alkanes) is 1. The molecule has 3 N–H and O–H groups in total. The number of carbonyl (C=O) groups excluding carboxylic acids is 6. The molecular formula is C38H37ClN8O7S. The van der Waals surface area contributed by atoms with Crippen molar-refractivity contribution >= 4 is 64.1 Å². The van der Waals surface area contributed by atoms with Gasteiger partial charge in [0.1, 0.15) is 28.7 Å². The van der Waals surface area contributed by atoms with E-state index in [0.717, 1.165) is 37.2 Å². The molecule has 3 aliphatic rings. The van der Waals surface area contributed by atoms with Gasteiger partial charge in [0.05, 0.1) is 23.3 Å². The van der Waals surface area contributed by atoms with E-state index in [4.69, 9.17) is 21.3 Å². The van der Waals surface area contributed by atoms with Crippen molar-refractivity contribution in [2.24, 2.45) is 4.99 Å². The van der Waals surface area contributed by atoms with Crippen molar-refractivity contribution in [2.75, 3.05) is 19.7 Å². The minimum Gasteiger partial charge on any atom is -0.483 e. The van der Waals surface area contributed by atoms with Crippen LogP contribution >= 0.6 is 22.9 Å². The van der Waals surface area contributed by atoms with Crippen LogP contribution in [-0.4, -0.2) is 86.6 Å². The molecule has 2 atom stereocenters. The molecule has 1 saturated heterocycles. The Bertz CT molecular complexity index is 2280. The predicted molar refractivity (Wildman–Crippen MR) is 202 cm³/mol. The molecule has 6 amide bonds. The Morgan fingerprint density at radius 3 is 2.40 bits per heavy atom. The lowest BCUT2D eigenvalue weighted by Gasteiger charge is -2.27. The average molecular weight is 785 g/mol. The number of fused-ring (bicyclic) bond motifs is 4. The molecule has 3 aliphatic heterocycles. The number of hydrogen-bond acceptors (Lipinski definition) is 11. The first-order chi connectivity index (χ1) is 26.4. The first-order valence-electron chi connectivity index (χ1n) is 17.8. The highest BCUT2D eigenvalue weighted by atomic mass is 35.5. The minimum absolute atomic E-state index is 0.00279. The third-order valence-electron chi connectivity index (χ3n) is 9.77. The number of amides is 6. The summed E-state index contributed by atoms with van der Waals surface area (Å²) in [5, 5.41) is 18.2. The summed E-state index contributed by atoms with van der Waals surface area (Å²) < 4.78 is 7.64. The van der Waals surface area contributed by atoms with Crippen LogP contribution in [0.3, 0.4) is 0 Å². The monoisotopic (exact) mass is 784 g/mol. The summed E-state index contributed by atoms with van der Waals surface area (Å²) in [4.78, 5) is 83.3. The van der Waals surface area contributed by atoms with Crippen LogP contribution in [0.1, 0.15) is 92.1 Å². The van der Waals surface area contributed by atoms with E-state index in [2.05, 4.69) is 40.0 Å². The highest BCUT2D eigenvalue weighted by Crippen LogP contribution is 2.40. The van der Waals surface area contributed by atoms with Gasteiger partial charge in [-0.05, 0) is 69.9 Å². The van der Waals surface area contributed by atoms with Crippen LogP contribution in [0.15, 0.2) is 47.5 Å². The third kappa shape index (κ3) is 7.38. The maximum Gasteiger partial charge on any atom is 0.266 e. The fourth-order valence-electron chi connectivity index (χ4n) is 6.88. The molecule has 55 heavy (non-hydrogen) atoms. The van der Waals surface area contributed by atoms with E-state index in [-0.39, 0.29) is 42.0 Å². The Kier molecular flexibility index (Phi) is 10.6. The molecular weight excluding hydrogens is 748 g/mol. The van der Waals surface area contributed by atoms with Gasteiger partial charge in [-0.1, -0.05) is 29.8 Å². The summed E-state index contributed by atoms with van der Waals surface area (Å²) in [6.45, 7) is 6.30. The zero-order valence-electron chi connectivity index (χ0n) is 30.2. The maximum atomic E-state index is 13.3. The summed E-state index contributed by atoms with van der Waals surface area (Å²) in [5.41, 5.74) is 3.76. The number of hydrogen-bond donors (Lipinski definition) is 3. The third-order valence-corrected chi connectivity index (χ3v) is 11.2. The second kappa shape index (κ2) is 15.5. The van der Waals surface area contributed by atoms with Crippen LogP contribution in [-0.2, 0) is 19.2 Å². The van der Waals surface area contributed by atoms with Crippen LogP contribution in [0.5, 0.6) is 5.75 Å². The predicted octanol–water partition coefficient (Wildman–Crippen LogP) is 3.68. The van der Waals surface area contributed by atoms with Crippen LogP contribution in [0.4, 0.5) is 0 Å². The first kappa shape index (κ1) is 37.6. The number of thiophene rings is 1. The largest absolute Gasteiger partial charge is 0.483 e. The van der Waals surface area contributed by atoms with Crippen LogP contribution < -0.4 is 20.7 Å². The average Bonchev–Trinajstić information content (AvgIpc) is 3.73. The van der Waals surface area contributed by atoms with Gasteiger partial charge < -0.3 is 15.4 Å². The normalized spacial score (nSPS) is 17.5. The van der Waals surface area contributed by atoms with Gasteiger partial charge in [-0.15, -0.1) is 21.5 Å². The molecule has 5 heterocycles. The summed E-state index contributed by atoms with van der Waals surface area (Å²) in [7, 11) is 0. The van der Waals surface area contributed by atoms with E-state index in [1.807, 2.05) is 35.8 Å². The topological polar surface area (TPSA) is 194 Å². The molecule has 2 aromatic carbocycles. The molecule has 0 saturated carbocycles. The van der Waals surface area contributed by atoms with E-state index in [1.54, 1.807) is 11.3 Å². The summed E-state index contributed by atoms with van der Waals surface area (Å²) >= 11 is 7.84. The zero-order valence-corrected chi connectivity index (χ0v) is 31.8. The lowest BCUT2D eigenvalue weighted by atomic mass is 9.99. The molecule has 4 aromatic rings. The smallest absolute Gasteiger partial charge is 0.266 e. The lowest BCUT2D eigenvalue weighted by molar-refractivity contribution is -0.136. The number of aromatic nitrogens is 3. The minimum atomic E-state index is -1.11. The molecule has 0 bridgehead atoms. The Hall–Kier alpha value is -5.74. The van der Waals surface area contributed by atoms with E-state index in [0.29, 0.717) is 42.6 Å². The molecule has 0 radical (unpaired) electrons. The van der Waals surface area contributed by atoms with E-state index in [9.17, 15) is 28.8 Å². The molecule has 1 fully saturated rings. The zero-order chi connectivity index (χ0) is 39.0. The van der Waals surface area contributed by atoms with Gasteiger partial charge in [0, 0.05) is 40.5 Å². The Morgan fingerprint density at radius 2 is 1.67 bits per heavy atom. The number of piperidine rings is 1. The summed E-state index contributed by atoms with van der Waals surface area (Å²) in [5.74, 6) is -1.88. The van der Waals surface area contributed by atoms with Gasteiger partial charge in [0.15, 0.2) is 12.4 Å². The number of nitrogens with one attached hydrogen (secondary N) is 3. The number of aryl methyl sites for hydroxylation is 2. The second-order valence-electron chi connectivity index (χ2n) is 13.4. The van der Waals surface area contributed by atoms with Crippen molar-refractivity contribution in [2.45, 2.75) is 65.0 Å². The molecule has 0 unspecified atom stereocenters. The molecule has 0 spiro atoms. The fraction of sp³-hybridized carbons (Fsp3) is 0.342. The van der Waals surface area contributed by atoms with E-state index < -0.39 is 48.2 Å². The van der Waals surface area contributed by atoms with Crippen LogP contribution in [0.2, 0.25) is 5.02 Å². The SMILES string of the molecule is Cc1sc2c(c1C)C(c1ccc(Cl)cc1)=N[C@@H](CC(=O)NCCCCNC(=O)COc1cccc3c1C(=O)N([C@H]1CCC(=O)NC1=O)C3=O)c1nnc(C)n1-2. The molecule has 2 aromatic heterocycles. The standard InChI is InChI=1S/C38H37ClN8O7S/c1-19-20(2)55-38-31(19)33(22-9-11-23(39)12-10-22)42-25(34-45-44-21(3)46(34)38)17-29(49)40-15-4-5-16-41-30(50)18-54-27-8-6-7-24-32(27)37(53)47(36(24)52)26-13-14-28(48)43-35(26)51/h6-12,25-26H,4-5,13-18H2,1-3H3,(H,40,49)(H,41,50)(H,43,48,51)/t25-,26-/m0/s1. The van der Waals surface area contributed by atoms with Gasteiger partial charge in [-0.3, -0.25) is 48.5 Å². The van der Waals surface area contributed by atoms with Gasteiger partial charge in [0.2, 0.25) is 17.7 Å². The number of rotatable bonds is 12. The number of nitrogens with zero attached hydrogens (tertiary/aromatic N) is 5. The molecule has 0 aliphatic carbocycles. The number of halogens is 1. The fourth-order valence-corrected chi connectivity index (χ4v) is 8.22. The van der Waals surface area contributed by atoms with E-state index >= 15 is 0 Å². The van der Waals surface area contributed by atoms with Crippen molar-refractivity contribution in [1.82, 2.24) is 35.6 Å². The Labute approximate surface area is 324 Å². The van der Waals surface area contributed by atoms with Crippen LogP contribution in [0.25, 0.3) is 5.00 Å². The van der Waals surface area contributed by atoms with E-state index in [1.165, 1.54) is 18.2 Å². The van der Waals surface area contributed by atoms with Gasteiger partial charge in [0.25, 0.3) is 17.7 Å². The number of aliphatic imine (C=N–C) groups is 1. The molecule has 17 heteroatoms. The van der Waals surface area contributed by atoms with Crippen molar-refractivity contribution in [3.05, 3.63) is 91.8 Å². The lowest BCUT2D eigenvalue weighted by Crippen LogP contribution is -2.54. The molecule has 7 rings (SSSR count). The molecule has 284 valence electrons. The van der Waals surface area contributed by atoms with Gasteiger partial charge >= 0.3 is 0 Å². The van der Waals surface area contributed by atoms with Crippen molar-refractivity contribution in [1.29, 1.82) is 0 Å². The van der Waals surface area contributed by atoms with Gasteiger partial charge in [-0.2, -0.15) is 0 Å². The van der Waals surface area contributed by atoms with Crippen molar-refractivity contribution in [3.63, 3.8) is 0 Å². The summed E-state index contributed by atoms with van der Waals surface area (Å²) in [6, 6.07) is 10.2. The number of carbonyl (C=O) groups is 6. The summed E-state index contributed by atoms with van der Waals surface area (Å²) in [6.07, 6.45) is 1.23.